The van der Waals surface area contributed by atoms with Crippen molar-refractivity contribution in [3.63, 3.8) is 0 Å². The van der Waals surface area contributed by atoms with Gasteiger partial charge in [-0.3, -0.25) is 4.79 Å². The van der Waals surface area contributed by atoms with Crippen molar-refractivity contribution in [1.82, 2.24) is 5.32 Å². The fourth-order valence-corrected chi connectivity index (χ4v) is 3.25. The molecule has 5 nitrogen and oxygen atoms in total. The van der Waals surface area contributed by atoms with E-state index in [0.29, 0.717) is 35.3 Å². The van der Waals surface area contributed by atoms with Gasteiger partial charge < -0.3 is 15.2 Å². The molecule has 1 fully saturated rings. The van der Waals surface area contributed by atoms with Crippen LogP contribution in [0.3, 0.4) is 0 Å². The highest BCUT2D eigenvalue weighted by Crippen LogP contribution is 2.41. The van der Waals surface area contributed by atoms with Crippen LogP contribution in [0.5, 0.6) is 5.75 Å². The number of carbonyl (C=O) groups excluding carboxylic acids is 1. The van der Waals surface area contributed by atoms with Crippen molar-refractivity contribution in [3.05, 3.63) is 65.0 Å². The number of methoxy groups -OCH3 is 1. The van der Waals surface area contributed by atoms with E-state index in [9.17, 15) is 14.3 Å². The number of rotatable bonds is 5. The summed E-state index contributed by atoms with van der Waals surface area (Å²) in [6, 6.07) is 12.0. The third kappa shape index (κ3) is 3.68. The van der Waals surface area contributed by atoms with Crippen molar-refractivity contribution in [3.8, 4) is 11.8 Å². The Hall–Kier alpha value is -2.91. The number of nitrogens with one attached hydrogen (secondary N) is 1. The van der Waals surface area contributed by atoms with Crippen LogP contribution in [0.25, 0.3) is 0 Å². The summed E-state index contributed by atoms with van der Waals surface area (Å²) in [5.74, 6) is -0.334. The van der Waals surface area contributed by atoms with E-state index in [2.05, 4.69) is 5.32 Å². The normalized spacial score (nSPS) is 19.8. The van der Waals surface area contributed by atoms with E-state index in [1.54, 1.807) is 18.2 Å². The number of nitrogens with zero attached hydrogens (tertiary/aromatic N) is 1. The molecule has 26 heavy (non-hydrogen) atoms. The Morgan fingerprint density at radius 3 is 2.77 bits per heavy atom. The predicted molar refractivity (Wildman–Crippen MR) is 93.0 cm³/mol. The number of benzene rings is 2. The lowest BCUT2D eigenvalue weighted by molar-refractivity contribution is 0.0231. The number of hydrogen-bond donors (Lipinski definition) is 2. The first-order valence-electron chi connectivity index (χ1n) is 8.34. The highest BCUT2D eigenvalue weighted by Gasteiger charge is 2.37. The average Bonchev–Trinajstić information content (AvgIpc) is 2.63. The summed E-state index contributed by atoms with van der Waals surface area (Å²) in [6.45, 7) is 0. The van der Waals surface area contributed by atoms with E-state index < -0.39 is 18.0 Å². The van der Waals surface area contributed by atoms with Crippen LogP contribution in [-0.2, 0) is 0 Å². The molecular formula is C20H19FN2O3. The Morgan fingerprint density at radius 1 is 1.35 bits per heavy atom. The van der Waals surface area contributed by atoms with E-state index in [4.69, 9.17) is 10.00 Å². The van der Waals surface area contributed by atoms with Gasteiger partial charge in [-0.05, 0) is 55.2 Å². The zero-order valence-electron chi connectivity index (χ0n) is 14.3. The second-order valence-electron chi connectivity index (χ2n) is 6.42. The summed E-state index contributed by atoms with van der Waals surface area (Å²) < 4.78 is 19.1. The summed E-state index contributed by atoms with van der Waals surface area (Å²) in [4.78, 5) is 12.7. The van der Waals surface area contributed by atoms with Gasteiger partial charge in [-0.2, -0.15) is 5.26 Å². The molecule has 0 spiro atoms. The minimum Gasteiger partial charge on any atom is -0.496 e. The quantitative estimate of drug-likeness (QED) is 0.865. The van der Waals surface area contributed by atoms with Crippen LogP contribution in [0.15, 0.2) is 42.5 Å². The lowest BCUT2D eigenvalue weighted by Crippen LogP contribution is -2.41. The van der Waals surface area contributed by atoms with Gasteiger partial charge in [0.25, 0.3) is 5.91 Å². The monoisotopic (exact) mass is 354 g/mol. The van der Waals surface area contributed by atoms with Crippen LogP contribution in [0.1, 0.15) is 40.4 Å². The average molecular weight is 354 g/mol. The number of halogens is 1. The maximum absolute atomic E-state index is 13.8. The lowest BCUT2D eigenvalue weighted by Gasteiger charge is -2.38. The molecule has 0 radical (unpaired) electrons. The minimum atomic E-state index is -0.498. The Balaban J connectivity index is 1.91. The van der Waals surface area contributed by atoms with Crippen LogP contribution in [0, 0.1) is 23.1 Å². The molecule has 134 valence electrons. The van der Waals surface area contributed by atoms with Crippen molar-refractivity contribution in [2.45, 2.75) is 25.0 Å². The Bertz CT molecular complexity index is 856. The number of ether oxygens (including phenoxy) is 1. The molecule has 6 heteroatoms. The Kier molecular flexibility index (Phi) is 5.19. The van der Waals surface area contributed by atoms with Gasteiger partial charge in [0.05, 0.1) is 30.9 Å². The molecule has 1 amide bonds. The molecule has 1 unspecified atom stereocenters. The van der Waals surface area contributed by atoms with E-state index in [1.807, 2.05) is 6.07 Å². The highest BCUT2D eigenvalue weighted by atomic mass is 19.1. The van der Waals surface area contributed by atoms with E-state index in [-0.39, 0.29) is 11.8 Å². The first kappa shape index (κ1) is 17.9. The standard InChI is InChI=1S/C20H19FN2O3/c1-26-18-6-5-15(21)10-17(18)19(14-8-16(24)9-14)23-20(25)13-4-2-3-12(7-13)11-22/h2-7,10,14,16,19,24H,8-9H2,1H3,(H,23,25). The molecule has 1 aliphatic rings. The molecule has 1 atom stereocenters. The molecule has 0 aliphatic heterocycles. The topological polar surface area (TPSA) is 82.3 Å². The molecule has 1 saturated carbocycles. The molecule has 0 aromatic heterocycles. The number of amides is 1. The third-order valence-corrected chi connectivity index (χ3v) is 4.69. The fraction of sp³-hybridized carbons (Fsp3) is 0.300. The van der Waals surface area contributed by atoms with Crippen molar-refractivity contribution >= 4 is 5.91 Å². The number of hydrogen-bond acceptors (Lipinski definition) is 4. The van der Waals surface area contributed by atoms with Crippen LogP contribution < -0.4 is 10.1 Å². The summed E-state index contributed by atoms with van der Waals surface area (Å²) in [7, 11) is 1.49. The van der Waals surface area contributed by atoms with E-state index in [1.165, 1.54) is 31.4 Å². The molecular weight excluding hydrogens is 335 g/mol. The van der Waals surface area contributed by atoms with Crippen LogP contribution >= 0.6 is 0 Å². The first-order chi connectivity index (χ1) is 12.5. The van der Waals surface area contributed by atoms with Gasteiger partial charge in [-0.15, -0.1) is 0 Å². The van der Waals surface area contributed by atoms with Gasteiger partial charge in [0, 0.05) is 11.1 Å². The molecule has 1 aliphatic carbocycles. The number of aliphatic hydroxyl groups excluding tert-OH is 1. The number of nitriles is 1. The Morgan fingerprint density at radius 2 is 2.12 bits per heavy atom. The second kappa shape index (κ2) is 7.54. The zero-order chi connectivity index (χ0) is 18.7. The molecule has 2 aromatic rings. The summed E-state index contributed by atoms with van der Waals surface area (Å²) in [5, 5.41) is 21.6. The van der Waals surface area contributed by atoms with Crippen molar-refractivity contribution in [1.29, 1.82) is 5.26 Å². The van der Waals surface area contributed by atoms with Gasteiger partial charge in [-0.1, -0.05) is 6.07 Å². The van der Waals surface area contributed by atoms with Gasteiger partial charge in [0.2, 0.25) is 0 Å². The lowest BCUT2D eigenvalue weighted by atomic mass is 9.74. The molecule has 3 rings (SSSR count). The second-order valence-corrected chi connectivity index (χ2v) is 6.42. The van der Waals surface area contributed by atoms with E-state index in [0.717, 1.165) is 0 Å². The van der Waals surface area contributed by atoms with Crippen molar-refractivity contribution in [2.75, 3.05) is 7.11 Å². The van der Waals surface area contributed by atoms with Crippen molar-refractivity contribution < 1.29 is 19.0 Å². The number of aliphatic hydroxyl groups is 1. The number of carbonyl (C=O) groups is 1. The van der Waals surface area contributed by atoms with Gasteiger partial charge in [0.1, 0.15) is 11.6 Å². The maximum atomic E-state index is 13.8. The predicted octanol–water partition coefficient (Wildman–Crippen LogP) is 2.95. The van der Waals surface area contributed by atoms with Gasteiger partial charge >= 0.3 is 0 Å². The molecule has 0 bridgehead atoms. The summed E-state index contributed by atoms with van der Waals surface area (Å²) in [5.41, 5.74) is 1.27. The Labute approximate surface area is 151 Å². The highest BCUT2D eigenvalue weighted by molar-refractivity contribution is 5.94. The third-order valence-electron chi connectivity index (χ3n) is 4.69. The van der Waals surface area contributed by atoms with Gasteiger partial charge in [0.15, 0.2) is 0 Å². The van der Waals surface area contributed by atoms with Crippen LogP contribution in [0.4, 0.5) is 4.39 Å². The molecule has 0 heterocycles. The summed E-state index contributed by atoms with van der Waals surface area (Å²) in [6.07, 6.45) is 0.618. The fourth-order valence-electron chi connectivity index (χ4n) is 3.25. The van der Waals surface area contributed by atoms with Crippen LogP contribution in [0.2, 0.25) is 0 Å². The molecule has 0 saturated heterocycles. The van der Waals surface area contributed by atoms with Crippen molar-refractivity contribution in [2.24, 2.45) is 5.92 Å². The minimum absolute atomic E-state index is 0.0243. The first-order valence-corrected chi connectivity index (χ1v) is 8.34. The maximum Gasteiger partial charge on any atom is 0.251 e. The summed E-state index contributed by atoms with van der Waals surface area (Å²) >= 11 is 0. The van der Waals surface area contributed by atoms with Crippen LogP contribution in [-0.4, -0.2) is 24.2 Å². The van der Waals surface area contributed by atoms with E-state index >= 15 is 0 Å². The smallest absolute Gasteiger partial charge is 0.251 e. The van der Waals surface area contributed by atoms with Gasteiger partial charge in [-0.25, -0.2) is 4.39 Å². The largest absolute Gasteiger partial charge is 0.496 e. The molecule has 2 N–H and O–H groups in total. The SMILES string of the molecule is COc1ccc(F)cc1C(NC(=O)c1cccc(C#N)c1)C1CC(O)C1. The molecule has 2 aromatic carbocycles. The zero-order valence-corrected chi connectivity index (χ0v) is 14.3.